The molecule has 0 aliphatic heterocycles. The van der Waals surface area contributed by atoms with Crippen LogP contribution in [0.5, 0.6) is 0 Å². The lowest BCUT2D eigenvalue weighted by Gasteiger charge is -1.82. The van der Waals surface area contributed by atoms with Crippen molar-refractivity contribution in [3.05, 3.63) is 29.9 Å². The molecule has 2 rings (SSSR count). The van der Waals surface area contributed by atoms with E-state index in [-0.39, 0.29) is 0 Å². The van der Waals surface area contributed by atoms with Gasteiger partial charge in [-0.05, 0) is 11.4 Å². The third kappa shape index (κ3) is 0.844. The Kier molecular flexibility index (Phi) is 1.29. The van der Waals surface area contributed by atoms with E-state index in [1.807, 2.05) is 23.7 Å². The molecule has 0 aromatic carbocycles. The Bertz CT molecular complexity index is 251. The van der Waals surface area contributed by atoms with Crippen molar-refractivity contribution in [3.8, 4) is 10.4 Å². The molecular weight excluding hydrogens is 144 g/mol. The summed E-state index contributed by atoms with van der Waals surface area (Å²) in [6.07, 6.45) is 4.68. The number of nitrogens with one attached hydrogen (secondary N) is 1. The van der Waals surface area contributed by atoms with Crippen LogP contribution in [0.25, 0.3) is 10.4 Å². The smallest absolute Gasteiger partial charge is 0.122 e. The lowest BCUT2D eigenvalue weighted by molar-refractivity contribution is 1.08. The summed E-state index contributed by atoms with van der Waals surface area (Å²) in [6.45, 7) is 0. The molecule has 0 saturated carbocycles. The van der Waals surface area contributed by atoms with Gasteiger partial charge in [0.15, 0.2) is 0 Å². The first kappa shape index (κ1) is 5.68. The quantitative estimate of drug-likeness (QED) is 0.659. The second-order valence-electron chi connectivity index (χ2n) is 1.89. The molecule has 0 saturated heterocycles. The summed E-state index contributed by atoms with van der Waals surface area (Å²) in [7, 11) is 0. The maximum atomic E-state index is 3.73. The van der Waals surface area contributed by atoms with E-state index in [1.54, 1.807) is 11.3 Å². The van der Waals surface area contributed by atoms with Crippen molar-refractivity contribution in [2.45, 2.75) is 0 Å². The summed E-state index contributed by atoms with van der Waals surface area (Å²) >= 11 is 1.69. The molecule has 3 heteroatoms. The van der Waals surface area contributed by atoms with Crippen LogP contribution in [0.2, 0.25) is 0 Å². The molecule has 1 radical (unpaired) electrons. The zero-order valence-corrected chi connectivity index (χ0v) is 5.98. The van der Waals surface area contributed by atoms with Crippen molar-refractivity contribution in [2.24, 2.45) is 0 Å². The van der Waals surface area contributed by atoms with Gasteiger partial charge in [-0.2, -0.15) is 5.10 Å². The number of hydrogen-bond acceptors (Lipinski definition) is 2. The Labute approximate surface area is 62.5 Å². The van der Waals surface area contributed by atoms with Crippen molar-refractivity contribution >= 4 is 11.3 Å². The maximum absolute atomic E-state index is 3.73. The van der Waals surface area contributed by atoms with Crippen molar-refractivity contribution in [3.63, 3.8) is 0 Å². The van der Waals surface area contributed by atoms with Gasteiger partial charge < -0.3 is 0 Å². The molecule has 0 spiro atoms. The Morgan fingerprint density at radius 3 is 3.20 bits per heavy atom. The van der Waals surface area contributed by atoms with Crippen molar-refractivity contribution < 1.29 is 0 Å². The number of hydrogen-bond donors (Lipinski definition) is 1. The average Bonchev–Trinajstić information content (AvgIpc) is 2.59. The fraction of sp³-hybridized carbons (Fsp3) is 0. The molecule has 10 heavy (non-hydrogen) atoms. The zero-order valence-electron chi connectivity index (χ0n) is 5.16. The highest BCUT2D eigenvalue weighted by Crippen LogP contribution is 2.21. The SMILES string of the molecule is [c]1n[nH]cc1-c1cccs1. The molecule has 0 unspecified atom stereocenters. The molecule has 2 heterocycles. The maximum Gasteiger partial charge on any atom is 0.122 e. The van der Waals surface area contributed by atoms with E-state index in [0.717, 1.165) is 5.56 Å². The minimum Gasteiger partial charge on any atom is -0.284 e. The van der Waals surface area contributed by atoms with Crippen LogP contribution in [0, 0.1) is 6.20 Å². The number of H-pyrrole nitrogens is 1. The largest absolute Gasteiger partial charge is 0.284 e. The van der Waals surface area contributed by atoms with Gasteiger partial charge in [0.2, 0.25) is 0 Å². The molecule has 2 aromatic rings. The molecule has 0 fully saturated rings. The number of thiophene rings is 1. The van der Waals surface area contributed by atoms with E-state index in [4.69, 9.17) is 0 Å². The van der Waals surface area contributed by atoms with Crippen LogP contribution in [-0.2, 0) is 0 Å². The Morgan fingerprint density at radius 1 is 1.60 bits per heavy atom. The summed E-state index contributed by atoms with van der Waals surface area (Å²) in [5, 5.41) is 8.49. The number of rotatable bonds is 1. The average molecular weight is 149 g/mol. The fourth-order valence-electron chi connectivity index (χ4n) is 0.780. The number of aromatic amines is 1. The Balaban J connectivity index is 2.48. The number of nitrogens with zero attached hydrogens (tertiary/aromatic N) is 1. The lowest BCUT2D eigenvalue weighted by atomic mass is 10.3. The lowest BCUT2D eigenvalue weighted by Crippen LogP contribution is -1.60. The molecule has 49 valence electrons. The highest BCUT2D eigenvalue weighted by atomic mass is 32.1. The Morgan fingerprint density at radius 2 is 2.60 bits per heavy atom. The molecule has 0 aliphatic rings. The van der Waals surface area contributed by atoms with Gasteiger partial charge in [0, 0.05) is 16.6 Å². The van der Waals surface area contributed by atoms with Crippen molar-refractivity contribution in [2.75, 3.05) is 0 Å². The first-order valence-corrected chi connectivity index (χ1v) is 3.80. The van der Waals surface area contributed by atoms with Gasteiger partial charge in [0.25, 0.3) is 0 Å². The van der Waals surface area contributed by atoms with Gasteiger partial charge >= 0.3 is 0 Å². The second-order valence-corrected chi connectivity index (χ2v) is 2.84. The van der Waals surface area contributed by atoms with Crippen LogP contribution in [0.4, 0.5) is 0 Å². The molecule has 0 aliphatic carbocycles. The van der Waals surface area contributed by atoms with Gasteiger partial charge in [-0.1, -0.05) is 6.07 Å². The summed E-state index contributed by atoms with van der Waals surface area (Å²) in [6, 6.07) is 4.06. The fourth-order valence-corrected chi connectivity index (χ4v) is 1.47. The van der Waals surface area contributed by atoms with Gasteiger partial charge in [-0.25, -0.2) is 0 Å². The normalized spacial score (nSPS) is 10.0. The zero-order chi connectivity index (χ0) is 6.81. The summed E-state index contributed by atoms with van der Waals surface area (Å²) < 4.78 is 0. The molecule has 1 N–H and O–H groups in total. The minimum atomic E-state index is 1.04. The highest BCUT2D eigenvalue weighted by Gasteiger charge is 1.97. The first-order valence-electron chi connectivity index (χ1n) is 2.92. The number of aromatic nitrogens is 2. The standard InChI is InChI=1S/C7H5N2S/c1-2-7(10-3-1)6-4-8-9-5-6/h1-4H,(H,8,9). The molecule has 2 aromatic heterocycles. The summed E-state index contributed by atoms with van der Waals surface area (Å²) in [5.41, 5.74) is 1.04. The molecule has 0 bridgehead atoms. The van der Waals surface area contributed by atoms with E-state index in [0.29, 0.717) is 0 Å². The highest BCUT2D eigenvalue weighted by molar-refractivity contribution is 7.13. The summed E-state index contributed by atoms with van der Waals surface area (Å²) in [5.74, 6) is 0. The van der Waals surface area contributed by atoms with E-state index >= 15 is 0 Å². The molecule has 0 amide bonds. The molecule has 2 nitrogen and oxygen atoms in total. The third-order valence-corrected chi connectivity index (χ3v) is 2.14. The van der Waals surface area contributed by atoms with E-state index < -0.39 is 0 Å². The van der Waals surface area contributed by atoms with Gasteiger partial charge in [-0.3, -0.25) is 5.10 Å². The first-order chi connectivity index (χ1) is 4.97. The second kappa shape index (κ2) is 2.27. The van der Waals surface area contributed by atoms with Crippen LogP contribution >= 0.6 is 11.3 Å². The Hall–Kier alpha value is -1.09. The van der Waals surface area contributed by atoms with Crippen LogP contribution in [0.1, 0.15) is 0 Å². The van der Waals surface area contributed by atoms with E-state index in [1.165, 1.54) is 4.88 Å². The predicted octanol–water partition coefficient (Wildman–Crippen LogP) is 1.94. The predicted molar refractivity (Wildman–Crippen MR) is 40.7 cm³/mol. The molecule has 0 atom stereocenters. The van der Waals surface area contributed by atoms with E-state index in [2.05, 4.69) is 16.4 Å². The van der Waals surface area contributed by atoms with Gasteiger partial charge in [0.05, 0.1) is 0 Å². The van der Waals surface area contributed by atoms with E-state index in [9.17, 15) is 0 Å². The van der Waals surface area contributed by atoms with Crippen LogP contribution in [-0.4, -0.2) is 10.2 Å². The van der Waals surface area contributed by atoms with Gasteiger partial charge in [0.1, 0.15) is 6.20 Å². The topological polar surface area (TPSA) is 28.7 Å². The van der Waals surface area contributed by atoms with Gasteiger partial charge in [-0.15, -0.1) is 11.3 Å². The minimum absolute atomic E-state index is 1.04. The van der Waals surface area contributed by atoms with Crippen LogP contribution in [0.3, 0.4) is 0 Å². The summed E-state index contributed by atoms with van der Waals surface area (Å²) in [4.78, 5) is 1.20. The van der Waals surface area contributed by atoms with Crippen LogP contribution < -0.4 is 0 Å². The van der Waals surface area contributed by atoms with Crippen LogP contribution in [0.15, 0.2) is 23.7 Å². The molecular formula is C7H5N2S. The monoisotopic (exact) mass is 149 g/mol. The van der Waals surface area contributed by atoms with Crippen molar-refractivity contribution in [1.29, 1.82) is 0 Å². The third-order valence-electron chi connectivity index (χ3n) is 1.24. The van der Waals surface area contributed by atoms with Crippen molar-refractivity contribution in [1.82, 2.24) is 10.2 Å².